The Morgan fingerprint density at radius 2 is 1.48 bits per heavy atom. The molecule has 0 aromatic rings. The molecule has 0 aromatic heterocycles. The summed E-state index contributed by atoms with van der Waals surface area (Å²) in [6.07, 6.45) is 1.67. The van der Waals surface area contributed by atoms with Crippen molar-refractivity contribution in [2.45, 2.75) is 44.3 Å². The fraction of sp³-hybridized carbons (Fsp3) is 0.818. The molecule has 0 amide bonds. The van der Waals surface area contributed by atoms with Crippen LogP contribution in [0, 0.1) is 0 Å². The van der Waals surface area contributed by atoms with Crippen molar-refractivity contribution >= 4 is 11.9 Å². The molecule has 0 aliphatic carbocycles. The number of nitrogens with one attached hydrogen (secondary N) is 1. The van der Waals surface area contributed by atoms with E-state index in [9.17, 15) is 18.4 Å². The molecule has 0 fully saturated rings. The minimum atomic E-state index is -2.80. The molecule has 0 spiro atoms. The predicted molar refractivity (Wildman–Crippen MR) is 72.8 cm³/mol. The number of carboxylic acid groups (broad SMARTS) is 2. The monoisotopic (exact) mass is 314 g/mol. The molecule has 0 unspecified atom stereocenters. The van der Waals surface area contributed by atoms with Gasteiger partial charge in [-0.2, -0.15) is 8.78 Å². The summed E-state index contributed by atoms with van der Waals surface area (Å²) >= 11 is 0. The maximum absolute atomic E-state index is 11.7. The van der Waals surface area contributed by atoms with Gasteiger partial charge < -0.3 is 27.4 Å². The fourth-order valence-electron chi connectivity index (χ4n) is 1.21. The molecule has 0 aromatic carbocycles. The van der Waals surface area contributed by atoms with Crippen molar-refractivity contribution in [3.05, 3.63) is 0 Å². The smallest absolute Gasteiger partial charge is 0.320 e. The Balaban J connectivity index is 0. The van der Waals surface area contributed by atoms with E-state index in [-0.39, 0.29) is 6.42 Å². The van der Waals surface area contributed by atoms with Gasteiger partial charge in [-0.15, -0.1) is 0 Å². The molecule has 21 heavy (non-hydrogen) atoms. The molecular formula is C11H24F2N4O4. The van der Waals surface area contributed by atoms with Crippen LogP contribution in [0.25, 0.3) is 0 Å². The molecule has 0 saturated heterocycles. The van der Waals surface area contributed by atoms with Crippen LogP contribution in [-0.2, 0) is 9.59 Å². The molecule has 0 radical (unpaired) electrons. The molecule has 0 bridgehead atoms. The fourth-order valence-corrected chi connectivity index (χ4v) is 1.21. The first kappa shape index (κ1) is 21.9. The van der Waals surface area contributed by atoms with Crippen molar-refractivity contribution in [1.82, 2.24) is 5.32 Å². The number of carbonyl (C=O) groups is 2. The maximum Gasteiger partial charge on any atom is 0.320 e. The lowest BCUT2D eigenvalue weighted by molar-refractivity contribution is -0.141. The molecule has 0 saturated carbocycles. The average Bonchev–Trinajstić information content (AvgIpc) is 2.40. The number of aliphatic carboxylic acids is 2. The van der Waals surface area contributed by atoms with Gasteiger partial charge in [0.1, 0.15) is 12.1 Å². The Morgan fingerprint density at radius 1 is 1.00 bits per heavy atom. The van der Waals surface area contributed by atoms with Gasteiger partial charge in [-0.05, 0) is 38.8 Å². The third-order valence-electron chi connectivity index (χ3n) is 2.36. The standard InChI is InChI=1S/C6H12F2N2O2.C5H12N2O2/c7-6(8)10-4(5(11)12)2-1-3-9;6-3-1-2-4(7)5(8)9/h4,6,10H,1-3,9H2,(H,11,12);4H,1-3,6-7H2,(H,8,9)/t2*4-/m00/s1. The van der Waals surface area contributed by atoms with Crippen molar-refractivity contribution in [2.24, 2.45) is 17.2 Å². The van der Waals surface area contributed by atoms with Gasteiger partial charge in [0.2, 0.25) is 0 Å². The third kappa shape index (κ3) is 14.9. The summed E-state index contributed by atoms with van der Waals surface area (Å²) in [6, 6.07) is -1.94. The van der Waals surface area contributed by atoms with E-state index >= 15 is 0 Å². The maximum atomic E-state index is 11.7. The summed E-state index contributed by atoms with van der Waals surface area (Å²) in [5.74, 6) is -2.23. The van der Waals surface area contributed by atoms with E-state index in [4.69, 9.17) is 27.4 Å². The molecular weight excluding hydrogens is 290 g/mol. The zero-order chi connectivity index (χ0) is 16.8. The van der Waals surface area contributed by atoms with Gasteiger partial charge in [0.25, 0.3) is 6.55 Å². The lowest BCUT2D eigenvalue weighted by Gasteiger charge is -2.12. The summed E-state index contributed by atoms with van der Waals surface area (Å²) in [5.41, 5.74) is 15.4. The Morgan fingerprint density at radius 3 is 1.81 bits per heavy atom. The number of rotatable bonds is 10. The molecule has 0 rings (SSSR count). The Bertz CT molecular complexity index is 295. The summed E-state index contributed by atoms with van der Waals surface area (Å²) in [7, 11) is 0. The first-order chi connectivity index (χ1) is 9.76. The second-order valence-corrected chi connectivity index (χ2v) is 4.16. The van der Waals surface area contributed by atoms with Gasteiger partial charge in [-0.3, -0.25) is 9.59 Å². The molecule has 126 valence electrons. The number of halogens is 2. The Kier molecular flexibility index (Phi) is 14.2. The molecule has 10 heteroatoms. The lowest BCUT2D eigenvalue weighted by Crippen LogP contribution is -2.40. The third-order valence-corrected chi connectivity index (χ3v) is 2.36. The van der Waals surface area contributed by atoms with Crippen molar-refractivity contribution in [1.29, 1.82) is 0 Å². The quantitative estimate of drug-likeness (QED) is 0.283. The minimum Gasteiger partial charge on any atom is -0.480 e. The van der Waals surface area contributed by atoms with Crippen molar-refractivity contribution < 1.29 is 28.6 Å². The van der Waals surface area contributed by atoms with Crippen LogP contribution in [0.15, 0.2) is 0 Å². The SMILES string of the molecule is NCCC[C@H](N)C(=O)O.NCCC[C@H](NC(F)F)C(=O)O. The van der Waals surface area contributed by atoms with E-state index < -0.39 is 30.6 Å². The number of carboxylic acids is 2. The van der Waals surface area contributed by atoms with Gasteiger partial charge in [0, 0.05) is 0 Å². The Labute approximate surface area is 121 Å². The van der Waals surface area contributed by atoms with Crippen molar-refractivity contribution in [2.75, 3.05) is 13.1 Å². The number of nitrogens with two attached hydrogens (primary N) is 3. The molecule has 0 heterocycles. The Hall–Kier alpha value is -1.36. The first-order valence-corrected chi connectivity index (χ1v) is 6.41. The van der Waals surface area contributed by atoms with E-state index in [1.807, 2.05) is 0 Å². The molecule has 9 N–H and O–H groups in total. The van der Waals surface area contributed by atoms with Crippen LogP contribution < -0.4 is 22.5 Å². The lowest BCUT2D eigenvalue weighted by atomic mass is 10.1. The van der Waals surface area contributed by atoms with Crippen LogP contribution >= 0.6 is 0 Å². The molecule has 2 atom stereocenters. The van der Waals surface area contributed by atoms with Crippen LogP contribution in [0.2, 0.25) is 0 Å². The highest BCUT2D eigenvalue weighted by Gasteiger charge is 2.19. The first-order valence-electron chi connectivity index (χ1n) is 6.41. The second-order valence-electron chi connectivity index (χ2n) is 4.16. The summed E-state index contributed by atoms with van der Waals surface area (Å²) < 4.78 is 23.3. The predicted octanol–water partition coefficient (Wildman–Crippen LogP) is -0.872. The van der Waals surface area contributed by atoms with Crippen LogP contribution in [0.3, 0.4) is 0 Å². The zero-order valence-corrected chi connectivity index (χ0v) is 11.7. The highest BCUT2D eigenvalue weighted by atomic mass is 19.3. The van der Waals surface area contributed by atoms with E-state index in [0.29, 0.717) is 32.4 Å². The molecule has 0 aliphatic heterocycles. The highest BCUT2D eigenvalue weighted by molar-refractivity contribution is 5.73. The number of hydrogen-bond acceptors (Lipinski definition) is 6. The van der Waals surface area contributed by atoms with Crippen molar-refractivity contribution in [3.63, 3.8) is 0 Å². The van der Waals surface area contributed by atoms with Crippen LogP contribution in [0.1, 0.15) is 25.7 Å². The van der Waals surface area contributed by atoms with Crippen LogP contribution in [0.4, 0.5) is 8.78 Å². The van der Waals surface area contributed by atoms with Gasteiger partial charge in [-0.1, -0.05) is 0 Å². The van der Waals surface area contributed by atoms with Gasteiger partial charge in [0.05, 0.1) is 0 Å². The number of hydrogen-bond donors (Lipinski definition) is 6. The number of alkyl halides is 2. The largest absolute Gasteiger partial charge is 0.480 e. The summed E-state index contributed by atoms with van der Waals surface area (Å²) in [5, 5.41) is 18.3. The summed E-state index contributed by atoms with van der Waals surface area (Å²) in [4.78, 5) is 20.3. The van der Waals surface area contributed by atoms with E-state index in [0.717, 1.165) is 0 Å². The summed E-state index contributed by atoms with van der Waals surface area (Å²) in [6.45, 7) is -2.00. The van der Waals surface area contributed by atoms with Gasteiger partial charge in [-0.25, -0.2) is 5.32 Å². The zero-order valence-electron chi connectivity index (χ0n) is 11.7. The van der Waals surface area contributed by atoms with E-state index in [1.165, 1.54) is 0 Å². The average molecular weight is 314 g/mol. The van der Waals surface area contributed by atoms with E-state index in [2.05, 4.69) is 0 Å². The second kappa shape index (κ2) is 13.6. The van der Waals surface area contributed by atoms with Gasteiger partial charge in [0.15, 0.2) is 0 Å². The minimum absolute atomic E-state index is 0.121. The highest BCUT2D eigenvalue weighted by Crippen LogP contribution is 1.99. The normalized spacial score (nSPS) is 13.2. The van der Waals surface area contributed by atoms with Crippen molar-refractivity contribution in [3.8, 4) is 0 Å². The molecule has 8 nitrogen and oxygen atoms in total. The molecule has 0 aliphatic rings. The van der Waals surface area contributed by atoms with Crippen LogP contribution in [-0.4, -0.2) is 53.9 Å². The van der Waals surface area contributed by atoms with Gasteiger partial charge >= 0.3 is 11.9 Å². The van der Waals surface area contributed by atoms with E-state index in [1.54, 1.807) is 5.32 Å². The van der Waals surface area contributed by atoms with Crippen LogP contribution in [0.5, 0.6) is 0 Å². The topological polar surface area (TPSA) is 165 Å².